The van der Waals surface area contributed by atoms with Crippen LogP contribution in [0.4, 0.5) is 4.79 Å². The van der Waals surface area contributed by atoms with Gasteiger partial charge in [-0.1, -0.05) is 0 Å². The lowest BCUT2D eigenvalue weighted by Gasteiger charge is -1.90. The topological polar surface area (TPSA) is 144 Å². The van der Waals surface area contributed by atoms with Crippen LogP contribution in [-0.4, -0.2) is 23.9 Å². The smallest absolute Gasteiger partial charge is 0.332 e. The minimum absolute atomic E-state index is 0. The van der Waals surface area contributed by atoms with Crippen LogP contribution in [0.25, 0.3) is 0 Å². The minimum atomic E-state index is -0.758. The van der Waals surface area contributed by atoms with Crippen LogP contribution >= 0.6 is 12.4 Å². The zero-order valence-electron chi connectivity index (χ0n) is 7.47. The molecule has 7 N–H and O–H groups in total. The van der Waals surface area contributed by atoms with Crippen LogP contribution in [0.3, 0.4) is 0 Å². The van der Waals surface area contributed by atoms with Crippen molar-refractivity contribution >= 4 is 36.3 Å². The van der Waals surface area contributed by atoms with Crippen molar-refractivity contribution in [2.45, 2.75) is 6.92 Å². The number of hydrogen-bond acceptors (Lipinski definition) is 4. The third kappa shape index (κ3) is 10.2. The van der Waals surface area contributed by atoms with E-state index in [0.29, 0.717) is 5.71 Å². The lowest BCUT2D eigenvalue weighted by molar-refractivity contribution is 0.249. The molecular weight excluding hydrogens is 210 g/mol. The second-order valence-electron chi connectivity index (χ2n) is 2.00. The zero-order valence-corrected chi connectivity index (χ0v) is 8.28. The molecular formula is C5H12ClN7O. The SMILES string of the molecule is CC(/C=N\NC(N)=O)=N/N=C(N)N.Cl. The summed E-state index contributed by atoms with van der Waals surface area (Å²) in [4.78, 5) is 10.1. The van der Waals surface area contributed by atoms with Crippen molar-refractivity contribution in [3.05, 3.63) is 0 Å². The number of carbonyl (C=O) groups excluding carboxylic acids is 1. The Morgan fingerprint density at radius 2 is 1.86 bits per heavy atom. The van der Waals surface area contributed by atoms with E-state index in [2.05, 4.69) is 15.3 Å². The van der Waals surface area contributed by atoms with Gasteiger partial charge >= 0.3 is 6.03 Å². The maximum absolute atomic E-state index is 10.1. The van der Waals surface area contributed by atoms with E-state index in [-0.39, 0.29) is 18.4 Å². The predicted molar refractivity (Wildman–Crippen MR) is 57.4 cm³/mol. The Labute approximate surface area is 86.7 Å². The molecule has 80 valence electrons. The first-order valence-corrected chi connectivity index (χ1v) is 3.24. The quantitative estimate of drug-likeness (QED) is 0.267. The molecule has 9 heteroatoms. The summed E-state index contributed by atoms with van der Waals surface area (Å²) in [6.45, 7) is 1.60. The van der Waals surface area contributed by atoms with E-state index < -0.39 is 6.03 Å². The van der Waals surface area contributed by atoms with Crippen LogP contribution in [0, 0.1) is 0 Å². The van der Waals surface area contributed by atoms with Crippen LogP contribution < -0.4 is 22.6 Å². The second-order valence-corrected chi connectivity index (χ2v) is 2.00. The molecule has 0 radical (unpaired) electrons. The minimum Gasteiger partial charge on any atom is -0.369 e. The molecule has 0 atom stereocenters. The van der Waals surface area contributed by atoms with Crippen LogP contribution in [0.5, 0.6) is 0 Å². The number of nitrogens with zero attached hydrogens (tertiary/aromatic N) is 3. The molecule has 0 bridgehead atoms. The Hall–Kier alpha value is -1.83. The highest BCUT2D eigenvalue weighted by Gasteiger charge is 1.86. The van der Waals surface area contributed by atoms with E-state index in [1.54, 1.807) is 6.92 Å². The third-order valence-electron chi connectivity index (χ3n) is 0.749. The van der Waals surface area contributed by atoms with E-state index in [1.165, 1.54) is 6.21 Å². The summed E-state index contributed by atoms with van der Waals surface area (Å²) in [5.74, 6) is -0.157. The number of hydrazone groups is 1. The molecule has 0 aliphatic heterocycles. The van der Waals surface area contributed by atoms with Gasteiger partial charge in [0.15, 0.2) is 0 Å². The molecule has 0 rings (SSSR count). The molecule has 0 spiro atoms. The van der Waals surface area contributed by atoms with E-state index in [0.717, 1.165) is 0 Å². The highest BCUT2D eigenvalue weighted by Crippen LogP contribution is 1.74. The van der Waals surface area contributed by atoms with Crippen molar-refractivity contribution in [3.8, 4) is 0 Å². The van der Waals surface area contributed by atoms with Crippen molar-refractivity contribution in [1.82, 2.24) is 5.43 Å². The summed E-state index contributed by atoms with van der Waals surface area (Å²) in [7, 11) is 0. The van der Waals surface area contributed by atoms with E-state index in [1.807, 2.05) is 5.43 Å². The van der Waals surface area contributed by atoms with Gasteiger partial charge in [-0.2, -0.15) is 10.2 Å². The van der Waals surface area contributed by atoms with Crippen molar-refractivity contribution in [3.63, 3.8) is 0 Å². The molecule has 0 aliphatic rings. The predicted octanol–water partition coefficient (Wildman–Crippen LogP) is -1.29. The van der Waals surface area contributed by atoms with Crippen LogP contribution in [0.15, 0.2) is 15.3 Å². The molecule has 2 amide bonds. The Balaban J connectivity index is 0. The van der Waals surface area contributed by atoms with Crippen molar-refractivity contribution in [2.24, 2.45) is 32.5 Å². The third-order valence-corrected chi connectivity index (χ3v) is 0.749. The number of rotatable bonds is 3. The van der Waals surface area contributed by atoms with E-state index >= 15 is 0 Å². The molecule has 0 unspecified atom stereocenters. The first-order chi connectivity index (χ1) is 6.02. The highest BCUT2D eigenvalue weighted by molar-refractivity contribution is 6.29. The summed E-state index contributed by atoms with van der Waals surface area (Å²) < 4.78 is 0. The van der Waals surface area contributed by atoms with Crippen molar-refractivity contribution in [1.29, 1.82) is 0 Å². The summed E-state index contributed by atoms with van der Waals surface area (Å²) in [5.41, 5.74) is 17.1. The molecule has 14 heavy (non-hydrogen) atoms. The number of nitrogens with two attached hydrogens (primary N) is 3. The number of halogens is 1. The van der Waals surface area contributed by atoms with Crippen LogP contribution in [0.1, 0.15) is 6.92 Å². The van der Waals surface area contributed by atoms with E-state index in [9.17, 15) is 4.79 Å². The highest BCUT2D eigenvalue weighted by atomic mass is 35.5. The number of nitrogens with one attached hydrogen (secondary N) is 1. The summed E-state index contributed by atoms with van der Waals surface area (Å²) in [6.07, 6.45) is 1.25. The van der Waals surface area contributed by atoms with Crippen molar-refractivity contribution < 1.29 is 4.79 Å². The molecule has 8 nitrogen and oxygen atoms in total. The number of amides is 2. The maximum atomic E-state index is 10.1. The fourth-order valence-electron chi connectivity index (χ4n) is 0.352. The monoisotopic (exact) mass is 221 g/mol. The summed E-state index contributed by atoms with van der Waals surface area (Å²) in [6, 6.07) is -0.758. The fraction of sp³-hybridized carbons (Fsp3) is 0.200. The normalized spacial score (nSPS) is 10.5. The van der Waals surface area contributed by atoms with Gasteiger partial charge in [0.2, 0.25) is 5.96 Å². The Kier molecular flexibility index (Phi) is 8.18. The van der Waals surface area contributed by atoms with E-state index in [4.69, 9.17) is 17.2 Å². The average molecular weight is 222 g/mol. The molecule has 0 saturated carbocycles. The molecule has 0 aromatic rings. The first kappa shape index (κ1) is 14.7. The molecule has 0 fully saturated rings. The van der Waals surface area contributed by atoms with Gasteiger partial charge in [-0.15, -0.1) is 17.5 Å². The number of hydrogen-bond donors (Lipinski definition) is 4. The van der Waals surface area contributed by atoms with Gasteiger partial charge in [0, 0.05) is 0 Å². The molecule has 0 aromatic carbocycles. The second kappa shape index (κ2) is 7.80. The van der Waals surface area contributed by atoms with Gasteiger partial charge in [0.05, 0.1) is 11.9 Å². The lowest BCUT2D eigenvalue weighted by atomic mass is 10.5. The fourth-order valence-corrected chi connectivity index (χ4v) is 0.352. The summed E-state index contributed by atoms with van der Waals surface area (Å²) in [5, 5.41) is 10.3. The molecule has 0 saturated heterocycles. The van der Waals surface area contributed by atoms with Crippen molar-refractivity contribution in [2.75, 3.05) is 0 Å². The maximum Gasteiger partial charge on any atom is 0.332 e. The van der Waals surface area contributed by atoms with Gasteiger partial charge in [0.25, 0.3) is 0 Å². The van der Waals surface area contributed by atoms with Gasteiger partial charge in [-0.25, -0.2) is 10.2 Å². The Morgan fingerprint density at radius 3 is 2.29 bits per heavy atom. The van der Waals surface area contributed by atoms with Gasteiger partial charge < -0.3 is 17.2 Å². The standard InChI is InChI=1S/C5H11N7O.ClH/c1-3(10-11-4(6)7)2-9-12-5(8)13;/h2H,1H3,(H4,6,7,11)(H3,8,12,13);1H/b9-2-,10-3-;. The summed E-state index contributed by atoms with van der Waals surface area (Å²) >= 11 is 0. The van der Waals surface area contributed by atoms with Gasteiger partial charge in [-0.3, -0.25) is 0 Å². The Morgan fingerprint density at radius 1 is 1.29 bits per heavy atom. The molecule has 0 heterocycles. The number of carbonyl (C=O) groups is 1. The zero-order chi connectivity index (χ0) is 10.3. The number of guanidine groups is 1. The van der Waals surface area contributed by atoms with Crippen LogP contribution in [0.2, 0.25) is 0 Å². The van der Waals surface area contributed by atoms with Gasteiger partial charge in [0.1, 0.15) is 0 Å². The largest absolute Gasteiger partial charge is 0.369 e. The Bertz CT molecular complexity index is 267. The van der Waals surface area contributed by atoms with Crippen LogP contribution in [-0.2, 0) is 0 Å². The number of urea groups is 1. The first-order valence-electron chi connectivity index (χ1n) is 3.24. The van der Waals surface area contributed by atoms with Gasteiger partial charge in [-0.05, 0) is 6.92 Å². The number of primary amides is 1. The molecule has 0 aromatic heterocycles. The average Bonchev–Trinajstić information content (AvgIpc) is 2.00. The molecule has 0 aliphatic carbocycles. The lowest BCUT2D eigenvalue weighted by Crippen LogP contribution is -2.24.